The second-order valence-corrected chi connectivity index (χ2v) is 7.79. The molecule has 4 N–H and O–H groups in total. The molecule has 2 atom stereocenters. The van der Waals surface area contributed by atoms with E-state index in [0.29, 0.717) is 17.6 Å². The number of aromatic nitrogens is 1. The molecule has 4 rings (SSSR count). The Morgan fingerprint density at radius 2 is 2.15 bits per heavy atom. The van der Waals surface area contributed by atoms with Gasteiger partial charge >= 0.3 is 0 Å². The van der Waals surface area contributed by atoms with E-state index in [0.717, 1.165) is 45.7 Å². The van der Waals surface area contributed by atoms with E-state index in [1.165, 1.54) is 0 Å². The van der Waals surface area contributed by atoms with E-state index in [1.54, 1.807) is 17.5 Å². The van der Waals surface area contributed by atoms with Crippen LogP contribution in [-0.2, 0) is 0 Å². The lowest BCUT2D eigenvalue weighted by molar-refractivity contribution is 0.100. The van der Waals surface area contributed by atoms with E-state index < -0.39 is 5.91 Å². The summed E-state index contributed by atoms with van der Waals surface area (Å²) in [7, 11) is 0. The topological polar surface area (TPSA) is 80.0 Å². The van der Waals surface area contributed by atoms with Crippen molar-refractivity contribution in [1.82, 2.24) is 10.3 Å². The number of pyridine rings is 1. The first-order valence-electron chi connectivity index (χ1n) is 8.91. The molecule has 1 aliphatic heterocycles. The van der Waals surface area contributed by atoms with E-state index in [9.17, 15) is 4.79 Å². The van der Waals surface area contributed by atoms with Crippen molar-refractivity contribution in [1.29, 1.82) is 0 Å². The zero-order chi connectivity index (χ0) is 18.1. The van der Waals surface area contributed by atoms with Crippen LogP contribution < -0.4 is 16.4 Å². The van der Waals surface area contributed by atoms with Gasteiger partial charge in [0.05, 0.1) is 10.3 Å². The van der Waals surface area contributed by atoms with E-state index in [4.69, 9.17) is 5.73 Å². The maximum Gasteiger partial charge on any atom is 0.251 e. The smallest absolute Gasteiger partial charge is 0.251 e. The number of nitrogens with two attached hydrogens (primary N) is 1. The van der Waals surface area contributed by atoms with Crippen LogP contribution in [0, 0.1) is 0 Å². The first-order valence-corrected chi connectivity index (χ1v) is 9.73. The summed E-state index contributed by atoms with van der Waals surface area (Å²) in [5.74, 6) is 0.382. The first-order chi connectivity index (χ1) is 12.6. The third-order valence-corrected chi connectivity index (χ3v) is 6.18. The minimum absolute atomic E-state index is 0.318. The average molecular weight is 366 g/mol. The second-order valence-electron chi connectivity index (χ2n) is 6.74. The number of nitrogens with zero attached hydrogens (tertiary/aromatic N) is 1. The molecule has 1 aliphatic rings. The number of nitrogens with one attached hydrogen (secondary N) is 2. The highest BCUT2D eigenvalue weighted by Crippen LogP contribution is 2.38. The summed E-state index contributed by atoms with van der Waals surface area (Å²) >= 11 is 1.59. The van der Waals surface area contributed by atoms with Crippen LogP contribution >= 0.6 is 11.3 Å². The number of hydrogen-bond acceptors (Lipinski definition) is 5. The van der Waals surface area contributed by atoms with Crippen LogP contribution in [0.1, 0.15) is 30.1 Å². The molecule has 1 amide bonds. The lowest BCUT2D eigenvalue weighted by Crippen LogP contribution is -2.46. The first kappa shape index (κ1) is 17.0. The van der Waals surface area contributed by atoms with Gasteiger partial charge in [0.1, 0.15) is 5.82 Å². The van der Waals surface area contributed by atoms with Gasteiger partial charge in [0.25, 0.3) is 5.91 Å². The molecule has 0 aliphatic carbocycles. The number of fused-ring (bicyclic) bond motifs is 1. The third-order valence-electron chi connectivity index (χ3n) is 4.96. The van der Waals surface area contributed by atoms with Gasteiger partial charge in [0, 0.05) is 28.5 Å². The SMILES string of the molecule is CC1NCCCC1Nc1ncc(C(N)=O)c2sc(-c3ccccc3)cc12. The Labute approximate surface area is 156 Å². The molecule has 26 heavy (non-hydrogen) atoms. The van der Waals surface area contributed by atoms with Crippen LogP contribution in [0.25, 0.3) is 20.5 Å². The Hall–Kier alpha value is -2.44. The number of carbonyl (C=O) groups is 1. The summed E-state index contributed by atoms with van der Waals surface area (Å²) in [6.07, 6.45) is 3.84. The number of hydrogen-bond donors (Lipinski definition) is 3. The molecule has 3 aromatic rings. The molecule has 2 unspecified atom stereocenters. The predicted molar refractivity (Wildman–Crippen MR) is 108 cm³/mol. The van der Waals surface area contributed by atoms with Crippen LogP contribution in [0.15, 0.2) is 42.6 Å². The van der Waals surface area contributed by atoms with Gasteiger partial charge in [0.15, 0.2) is 0 Å². The molecule has 0 spiro atoms. The van der Waals surface area contributed by atoms with Crippen molar-refractivity contribution >= 4 is 33.1 Å². The van der Waals surface area contributed by atoms with E-state index in [2.05, 4.69) is 40.7 Å². The number of carbonyl (C=O) groups excluding carboxylic acids is 1. The molecule has 1 aromatic carbocycles. The molecule has 0 bridgehead atoms. The predicted octanol–water partition coefficient (Wildman–Crippen LogP) is 3.61. The number of primary amides is 1. The average Bonchev–Trinajstić information content (AvgIpc) is 3.10. The van der Waals surface area contributed by atoms with Gasteiger partial charge in [-0.25, -0.2) is 4.98 Å². The summed E-state index contributed by atoms with van der Waals surface area (Å²) < 4.78 is 0.894. The van der Waals surface area contributed by atoms with E-state index in [1.807, 2.05) is 18.2 Å². The molecule has 1 fully saturated rings. The summed E-state index contributed by atoms with van der Waals surface area (Å²) in [6.45, 7) is 3.24. The van der Waals surface area contributed by atoms with Gasteiger partial charge in [-0.15, -0.1) is 11.3 Å². The molecule has 3 heterocycles. The Balaban J connectivity index is 1.79. The lowest BCUT2D eigenvalue weighted by atomic mass is 9.99. The molecule has 6 heteroatoms. The molecule has 0 saturated carbocycles. The summed E-state index contributed by atoms with van der Waals surface area (Å²) in [6, 6.07) is 13.0. The van der Waals surface area contributed by atoms with Crippen molar-refractivity contribution in [2.24, 2.45) is 5.73 Å². The molecular weight excluding hydrogens is 344 g/mol. The Bertz CT molecular complexity index is 938. The molecule has 134 valence electrons. The monoisotopic (exact) mass is 366 g/mol. The van der Waals surface area contributed by atoms with Gasteiger partial charge in [-0.3, -0.25) is 4.79 Å². The van der Waals surface area contributed by atoms with E-state index in [-0.39, 0.29) is 0 Å². The minimum atomic E-state index is -0.441. The van der Waals surface area contributed by atoms with Gasteiger partial charge < -0.3 is 16.4 Å². The molecule has 5 nitrogen and oxygen atoms in total. The van der Waals surface area contributed by atoms with Crippen molar-refractivity contribution in [3.63, 3.8) is 0 Å². The van der Waals surface area contributed by atoms with Crippen LogP contribution in [0.3, 0.4) is 0 Å². The fraction of sp³-hybridized carbons (Fsp3) is 0.300. The zero-order valence-electron chi connectivity index (χ0n) is 14.7. The summed E-state index contributed by atoms with van der Waals surface area (Å²) in [5.41, 5.74) is 7.19. The van der Waals surface area contributed by atoms with Gasteiger partial charge in [-0.1, -0.05) is 30.3 Å². The van der Waals surface area contributed by atoms with Crippen LogP contribution in [0.4, 0.5) is 5.82 Å². The summed E-state index contributed by atoms with van der Waals surface area (Å²) in [4.78, 5) is 17.5. The Morgan fingerprint density at radius 1 is 1.35 bits per heavy atom. The van der Waals surface area contributed by atoms with Gasteiger partial charge in [0.2, 0.25) is 0 Å². The van der Waals surface area contributed by atoms with E-state index >= 15 is 0 Å². The van der Waals surface area contributed by atoms with Crippen molar-refractivity contribution in [2.45, 2.75) is 31.8 Å². The van der Waals surface area contributed by atoms with Gasteiger partial charge in [-0.05, 0) is 37.9 Å². The maximum absolute atomic E-state index is 11.9. The Kier molecular flexibility index (Phi) is 4.61. The van der Waals surface area contributed by atoms with Crippen molar-refractivity contribution in [3.05, 3.63) is 48.2 Å². The quantitative estimate of drug-likeness (QED) is 0.659. The highest BCUT2D eigenvalue weighted by Gasteiger charge is 2.23. The van der Waals surface area contributed by atoms with Crippen LogP contribution in [0.5, 0.6) is 0 Å². The number of piperidine rings is 1. The molecule has 2 aromatic heterocycles. The highest BCUT2D eigenvalue weighted by molar-refractivity contribution is 7.22. The minimum Gasteiger partial charge on any atom is -0.366 e. The largest absolute Gasteiger partial charge is 0.366 e. The second kappa shape index (κ2) is 7.05. The zero-order valence-corrected chi connectivity index (χ0v) is 15.5. The summed E-state index contributed by atoms with van der Waals surface area (Å²) in [5, 5.41) is 8.05. The fourth-order valence-electron chi connectivity index (χ4n) is 3.48. The van der Waals surface area contributed by atoms with Crippen molar-refractivity contribution in [2.75, 3.05) is 11.9 Å². The van der Waals surface area contributed by atoms with Crippen LogP contribution in [0.2, 0.25) is 0 Å². The number of benzene rings is 1. The van der Waals surface area contributed by atoms with Crippen molar-refractivity contribution in [3.8, 4) is 10.4 Å². The standard InChI is InChI=1S/C20H22N4OS/c1-12-16(8-5-9-22-12)24-20-14-10-17(13-6-3-2-4-7-13)26-18(14)15(11-23-20)19(21)25/h2-4,6-7,10-12,16,22H,5,8-9H2,1H3,(H2,21,25)(H,23,24). The number of rotatable bonds is 4. The molecular formula is C20H22N4OS. The third kappa shape index (κ3) is 3.18. The number of thiophene rings is 1. The van der Waals surface area contributed by atoms with Crippen molar-refractivity contribution < 1.29 is 4.79 Å². The molecule has 1 saturated heterocycles. The number of anilines is 1. The molecule has 0 radical (unpaired) electrons. The number of amides is 1. The normalized spacial score (nSPS) is 20.2. The highest BCUT2D eigenvalue weighted by atomic mass is 32.1. The van der Waals surface area contributed by atoms with Gasteiger partial charge in [-0.2, -0.15) is 0 Å². The fourth-order valence-corrected chi connectivity index (χ4v) is 4.66. The Morgan fingerprint density at radius 3 is 2.88 bits per heavy atom. The lowest BCUT2D eigenvalue weighted by Gasteiger charge is -2.31. The maximum atomic E-state index is 11.9. The van der Waals surface area contributed by atoms with Crippen LogP contribution in [-0.4, -0.2) is 29.5 Å².